The zero-order chi connectivity index (χ0) is 14.8. The number of hydrogen-bond acceptors (Lipinski definition) is 6. The highest BCUT2D eigenvalue weighted by atomic mass is 15.4. The molecule has 1 saturated heterocycles. The van der Waals surface area contributed by atoms with E-state index in [1.807, 2.05) is 0 Å². The van der Waals surface area contributed by atoms with Crippen LogP contribution in [0.25, 0.3) is 0 Å². The van der Waals surface area contributed by atoms with Gasteiger partial charge in [-0.3, -0.25) is 0 Å². The Bertz CT molecular complexity index is 487. The van der Waals surface area contributed by atoms with Crippen molar-refractivity contribution in [3.8, 4) is 0 Å². The molecule has 2 aliphatic rings. The predicted molar refractivity (Wildman–Crippen MR) is 86.0 cm³/mol. The molecule has 2 unspecified atom stereocenters. The molecule has 116 valence electrons. The summed E-state index contributed by atoms with van der Waals surface area (Å²) in [6.45, 7) is 10.1. The van der Waals surface area contributed by atoms with Crippen LogP contribution in [0.5, 0.6) is 0 Å². The normalized spacial score (nSPS) is 23.7. The second kappa shape index (κ2) is 6.03. The van der Waals surface area contributed by atoms with Crippen LogP contribution >= 0.6 is 0 Å². The van der Waals surface area contributed by atoms with Crippen LogP contribution in [0.1, 0.15) is 40.0 Å². The van der Waals surface area contributed by atoms with Gasteiger partial charge in [0.05, 0.1) is 0 Å². The largest absolute Gasteiger partial charge is 0.354 e. The third-order valence-electron chi connectivity index (χ3n) is 4.66. The number of piperidine rings is 1. The van der Waals surface area contributed by atoms with E-state index >= 15 is 0 Å². The number of nitrogens with one attached hydrogen (secondary N) is 1. The monoisotopic (exact) mass is 290 g/mol. The summed E-state index contributed by atoms with van der Waals surface area (Å²) in [5, 5.41) is 3.24. The lowest BCUT2D eigenvalue weighted by molar-refractivity contribution is 0.546. The van der Waals surface area contributed by atoms with Crippen LogP contribution in [-0.4, -0.2) is 47.2 Å². The van der Waals surface area contributed by atoms with E-state index in [0.29, 0.717) is 12.0 Å². The molecule has 1 N–H and O–H groups in total. The van der Waals surface area contributed by atoms with Gasteiger partial charge in [0.25, 0.3) is 0 Å². The summed E-state index contributed by atoms with van der Waals surface area (Å²) in [5.41, 5.74) is 0. The van der Waals surface area contributed by atoms with Crippen molar-refractivity contribution in [2.45, 2.75) is 46.1 Å². The number of hydrogen-bond donors (Lipinski definition) is 1. The molecule has 3 rings (SSSR count). The van der Waals surface area contributed by atoms with E-state index < -0.39 is 0 Å². The van der Waals surface area contributed by atoms with Crippen LogP contribution in [-0.2, 0) is 0 Å². The minimum Gasteiger partial charge on any atom is -0.354 e. The van der Waals surface area contributed by atoms with Crippen LogP contribution in [0.2, 0.25) is 0 Å². The van der Waals surface area contributed by atoms with Gasteiger partial charge in [-0.1, -0.05) is 0 Å². The molecular formula is C15H26N6. The zero-order valence-corrected chi connectivity index (χ0v) is 13.3. The topological polar surface area (TPSA) is 57.2 Å². The van der Waals surface area contributed by atoms with Crippen molar-refractivity contribution < 1.29 is 0 Å². The molecule has 1 aromatic heterocycles. The smallest absolute Gasteiger partial charge is 0.232 e. The number of fused-ring (bicyclic) bond motifs is 2. The Morgan fingerprint density at radius 2 is 1.95 bits per heavy atom. The molecule has 0 aromatic carbocycles. The quantitative estimate of drug-likeness (QED) is 0.866. The molecule has 6 heteroatoms. The van der Waals surface area contributed by atoms with Crippen molar-refractivity contribution in [3.05, 3.63) is 0 Å². The fourth-order valence-electron chi connectivity index (χ4n) is 3.54. The van der Waals surface area contributed by atoms with Gasteiger partial charge in [-0.25, -0.2) is 0 Å². The lowest BCUT2D eigenvalue weighted by atomic mass is 10.1. The molecule has 21 heavy (non-hydrogen) atoms. The van der Waals surface area contributed by atoms with E-state index in [0.717, 1.165) is 44.0 Å². The van der Waals surface area contributed by atoms with Crippen molar-refractivity contribution in [1.29, 1.82) is 0 Å². The maximum absolute atomic E-state index is 4.75. The van der Waals surface area contributed by atoms with E-state index in [-0.39, 0.29) is 0 Å². The first kappa shape index (κ1) is 14.4. The fraction of sp³-hybridized carbons (Fsp3) is 0.800. The standard InChI is InChI=1S/C15H26N6/c1-4-16-13-17-14(20(5-2)6-3)19-15(18-13)21-10-11-7-8-12(21)9-11/h11-12H,4-10H2,1-3H3,(H,16,17,18,19). The first-order valence-corrected chi connectivity index (χ1v) is 8.26. The third kappa shape index (κ3) is 2.76. The molecule has 0 radical (unpaired) electrons. The Hall–Kier alpha value is -1.59. The molecule has 0 amide bonds. The van der Waals surface area contributed by atoms with Crippen molar-refractivity contribution in [1.82, 2.24) is 15.0 Å². The number of anilines is 3. The highest BCUT2D eigenvalue weighted by molar-refractivity contribution is 5.47. The Morgan fingerprint density at radius 3 is 2.52 bits per heavy atom. The van der Waals surface area contributed by atoms with Gasteiger partial charge in [0.15, 0.2) is 0 Å². The van der Waals surface area contributed by atoms with Crippen LogP contribution in [0.3, 0.4) is 0 Å². The van der Waals surface area contributed by atoms with Gasteiger partial charge in [0.1, 0.15) is 0 Å². The van der Waals surface area contributed by atoms with Crippen LogP contribution < -0.4 is 15.1 Å². The van der Waals surface area contributed by atoms with Crippen molar-refractivity contribution >= 4 is 17.8 Å². The minimum atomic E-state index is 0.636. The van der Waals surface area contributed by atoms with E-state index in [4.69, 9.17) is 4.98 Å². The van der Waals surface area contributed by atoms with E-state index in [9.17, 15) is 0 Å². The lowest BCUT2D eigenvalue weighted by Crippen LogP contribution is -2.34. The average molecular weight is 290 g/mol. The van der Waals surface area contributed by atoms with Gasteiger partial charge >= 0.3 is 0 Å². The predicted octanol–water partition coefficient (Wildman–Crippen LogP) is 2.14. The van der Waals surface area contributed by atoms with Crippen LogP contribution in [0, 0.1) is 5.92 Å². The summed E-state index contributed by atoms with van der Waals surface area (Å²) in [6.07, 6.45) is 3.96. The number of aromatic nitrogens is 3. The molecule has 6 nitrogen and oxygen atoms in total. The number of rotatable bonds is 6. The molecule has 2 heterocycles. The van der Waals surface area contributed by atoms with Crippen molar-refractivity contribution in [2.24, 2.45) is 5.92 Å². The molecule has 1 aliphatic carbocycles. The Morgan fingerprint density at radius 1 is 1.14 bits per heavy atom. The van der Waals surface area contributed by atoms with Crippen LogP contribution in [0.4, 0.5) is 17.8 Å². The van der Waals surface area contributed by atoms with Gasteiger partial charge in [-0.15, -0.1) is 0 Å². The second-order valence-electron chi connectivity index (χ2n) is 5.95. The summed E-state index contributed by atoms with van der Waals surface area (Å²) in [7, 11) is 0. The van der Waals surface area contributed by atoms with E-state index in [2.05, 4.69) is 45.9 Å². The highest BCUT2D eigenvalue weighted by Gasteiger charge is 2.39. The molecule has 2 fully saturated rings. The Kier molecular flexibility index (Phi) is 4.12. The summed E-state index contributed by atoms with van der Waals surface area (Å²) in [5.74, 6) is 3.19. The van der Waals surface area contributed by atoms with E-state index in [1.54, 1.807) is 0 Å². The van der Waals surface area contributed by atoms with Gasteiger partial charge in [-0.2, -0.15) is 15.0 Å². The zero-order valence-electron chi connectivity index (χ0n) is 13.3. The van der Waals surface area contributed by atoms with Gasteiger partial charge < -0.3 is 15.1 Å². The van der Waals surface area contributed by atoms with Crippen LogP contribution in [0.15, 0.2) is 0 Å². The van der Waals surface area contributed by atoms with Gasteiger partial charge in [-0.05, 0) is 46.0 Å². The number of nitrogens with zero attached hydrogens (tertiary/aromatic N) is 5. The van der Waals surface area contributed by atoms with Gasteiger partial charge in [0, 0.05) is 32.2 Å². The summed E-state index contributed by atoms with van der Waals surface area (Å²) < 4.78 is 0. The summed E-state index contributed by atoms with van der Waals surface area (Å²) in [4.78, 5) is 18.5. The lowest BCUT2D eigenvalue weighted by Gasteiger charge is -2.28. The third-order valence-corrected chi connectivity index (χ3v) is 4.66. The van der Waals surface area contributed by atoms with Crippen molar-refractivity contribution in [2.75, 3.05) is 41.3 Å². The Balaban J connectivity index is 1.91. The Labute approximate surface area is 127 Å². The molecule has 0 spiro atoms. The maximum Gasteiger partial charge on any atom is 0.232 e. The fourth-order valence-corrected chi connectivity index (χ4v) is 3.54. The second-order valence-corrected chi connectivity index (χ2v) is 5.95. The summed E-state index contributed by atoms with van der Waals surface area (Å²) >= 11 is 0. The average Bonchev–Trinajstić information content (AvgIpc) is 3.11. The van der Waals surface area contributed by atoms with Gasteiger partial charge in [0.2, 0.25) is 17.8 Å². The first-order chi connectivity index (χ1) is 10.2. The minimum absolute atomic E-state index is 0.636. The molecule has 2 atom stereocenters. The maximum atomic E-state index is 4.75. The SMILES string of the molecule is CCNc1nc(N(CC)CC)nc(N2CC3CCC2C3)n1. The highest BCUT2D eigenvalue weighted by Crippen LogP contribution is 2.39. The summed E-state index contributed by atoms with van der Waals surface area (Å²) in [6, 6.07) is 0.636. The molecule has 1 aliphatic heterocycles. The molecular weight excluding hydrogens is 264 g/mol. The molecule has 1 saturated carbocycles. The molecule has 2 bridgehead atoms. The molecule has 1 aromatic rings. The van der Waals surface area contributed by atoms with E-state index in [1.165, 1.54) is 19.3 Å². The van der Waals surface area contributed by atoms with Crippen molar-refractivity contribution in [3.63, 3.8) is 0 Å². The first-order valence-electron chi connectivity index (χ1n) is 8.26.